The number of amides is 1. The number of methoxy groups -OCH3 is 1. The fourth-order valence-electron chi connectivity index (χ4n) is 2.90. The number of ether oxygens (including phenoxy) is 2. The number of hydrogen-bond acceptors (Lipinski definition) is 5. The number of sulfonamides is 1. The van der Waals surface area contributed by atoms with Crippen molar-refractivity contribution in [2.24, 2.45) is 0 Å². The number of nitrogens with zero attached hydrogens (tertiary/aromatic N) is 1. The summed E-state index contributed by atoms with van der Waals surface area (Å²) >= 11 is 5.97. The third kappa shape index (κ3) is 4.40. The van der Waals surface area contributed by atoms with Crippen LogP contribution in [-0.4, -0.2) is 52.6 Å². The van der Waals surface area contributed by atoms with E-state index < -0.39 is 10.0 Å². The normalized spacial score (nSPS) is 14.6. The third-order valence-corrected chi connectivity index (χ3v) is 6.05. The van der Waals surface area contributed by atoms with E-state index in [9.17, 15) is 13.2 Å². The monoisotopic (exact) mass is 424 g/mol. The molecule has 9 heteroatoms. The Labute approximate surface area is 169 Å². The summed E-state index contributed by atoms with van der Waals surface area (Å²) in [6.45, 7) is 3.68. The van der Waals surface area contributed by atoms with Gasteiger partial charge in [-0.15, -0.1) is 0 Å². The first-order chi connectivity index (χ1) is 13.3. The van der Waals surface area contributed by atoms with E-state index >= 15 is 0 Å². The van der Waals surface area contributed by atoms with Gasteiger partial charge in [-0.25, -0.2) is 8.42 Å². The molecule has 2 aromatic rings. The van der Waals surface area contributed by atoms with E-state index in [0.29, 0.717) is 48.2 Å². The van der Waals surface area contributed by atoms with E-state index in [-0.39, 0.29) is 16.5 Å². The zero-order valence-corrected chi connectivity index (χ0v) is 17.1. The number of rotatable bonds is 5. The average Bonchev–Trinajstić information content (AvgIpc) is 2.68. The van der Waals surface area contributed by atoms with Crippen LogP contribution in [0.2, 0.25) is 5.02 Å². The van der Waals surface area contributed by atoms with Gasteiger partial charge in [-0.2, -0.15) is 0 Å². The molecule has 150 valence electrons. The maximum Gasteiger partial charge on any atom is 0.262 e. The SMILES string of the molecule is COc1ccc(Cl)cc1NS(=O)(=O)c1ccc(C)c(C(=O)N2CCOCC2)c1. The van der Waals surface area contributed by atoms with Crippen molar-refractivity contribution >= 4 is 33.2 Å². The highest BCUT2D eigenvalue weighted by Gasteiger charge is 2.23. The van der Waals surface area contributed by atoms with Crippen LogP contribution >= 0.6 is 11.6 Å². The summed E-state index contributed by atoms with van der Waals surface area (Å²) < 4.78 is 38.7. The van der Waals surface area contributed by atoms with E-state index in [1.165, 1.54) is 25.3 Å². The van der Waals surface area contributed by atoms with Gasteiger partial charge in [-0.05, 0) is 42.8 Å². The van der Waals surface area contributed by atoms with E-state index in [2.05, 4.69) is 4.72 Å². The smallest absolute Gasteiger partial charge is 0.262 e. The van der Waals surface area contributed by atoms with Gasteiger partial charge in [-0.3, -0.25) is 9.52 Å². The molecule has 1 heterocycles. The second-order valence-corrected chi connectivity index (χ2v) is 8.45. The molecule has 0 unspecified atom stereocenters. The van der Waals surface area contributed by atoms with Crippen molar-refractivity contribution in [3.8, 4) is 5.75 Å². The summed E-state index contributed by atoms with van der Waals surface area (Å²) in [5.41, 5.74) is 1.27. The van der Waals surface area contributed by atoms with Crippen LogP contribution in [0.5, 0.6) is 5.75 Å². The summed E-state index contributed by atoms with van der Waals surface area (Å²) in [6.07, 6.45) is 0. The third-order valence-electron chi connectivity index (χ3n) is 4.45. The van der Waals surface area contributed by atoms with Crippen LogP contribution in [0, 0.1) is 6.92 Å². The predicted octanol–water partition coefficient (Wildman–Crippen LogP) is 2.93. The van der Waals surface area contributed by atoms with E-state index in [0.717, 1.165) is 0 Å². The molecule has 0 aliphatic carbocycles. The Bertz CT molecular complexity index is 988. The Hall–Kier alpha value is -2.29. The van der Waals surface area contributed by atoms with Gasteiger partial charge in [0.15, 0.2) is 0 Å². The largest absolute Gasteiger partial charge is 0.495 e. The van der Waals surface area contributed by atoms with Crippen molar-refractivity contribution in [3.63, 3.8) is 0 Å². The number of carbonyl (C=O) groups is 1. The fourth-order valence-corrected chi connectivity index (χ4v) is 4.16. The highest BCUT2D eigenvalue weighted by atomic mass is 35.5. The van der Waals surface area contributed by atoms with E-state index in [1.54, 1.807) is 30.0 Å². The van der Waals surface area contributed by atoms with Crippen LogP contribution in [0.4, 0.5) is 5.69 Å². The molecular formula is C19H21ClN2O5S. The molecule has 0 spiro atoms. The predicted molar refractivity (Wildman–Crippen MR) is 107 cm³/mol. The van der Waals surface area contributed by atoms with Crippen molar-refractivity contribution in [2.45, 2.75) is 11.8 Å². The number of anilines is 1. The first-order valence-corrected chi connectivity index (χ1v) is 10.5. The number of hydrogen-bond donors (Lipinski definition) is 1. The van der Waals surface area contributed by atoms with Crippen LogP contribution < -0.4 is 9.46 Å². The van der Waals surface area contributed by atoms with Gasteiger partial charge in [0.05, 0.1) is 30.9 Å². The molecule has 0 saturated carbocycles. The molecule has 1 aliphatic rings. The van der Waals surface area contributed by atoms with Crippen molar-refractivity contribution in [2.75, 3.05) is 38.1 Å². The average molecular weight is 425 g/mol. The second-order valence-electron chi connectivity index (χ2n) is 6.33. The summed E-state index contributed by atoms with van der Waals surface area (Å²) in [5, 5.41) is 0.366. The topological polar surface area (TPSA) is 84.9 Å². The lowest BCUT2D eigenvalue weighted by atomic mass is 10.1. The molecule has 0 bridgehead atoms. The highest BCUT2D eigenvalue weighted by molar-refractivity contribution is 7.92. The van der Waals surface area contributed by atoms with Gasteiger partial charge in [0, 0.05) is 23.7 Å². The molecule has 0 atom stereocenters. The minimum atomic E-state index is -3.95. The Balaban J connectivity index is 1.92. The van der Waals surface area contributed by atoms with Crippen LogP contribution in [-0.2, 0) is 14.8 Å². The number of aryl methyl sites for hydroxylation is 1. The summed E-state index contributed by atoms with van der Waals surface area (Å²) in [7, 11) is -2.51. The minimum absolute atomic E-state index is 0.0169. The molecule has 1 amide bonds. The molecule has 7 nitrogen and oxygen atoms in total. The summed E-state index contributed by atoms with van der Waals surface area (Å²) in [6, 6.07) is 9.12. The molecule has 0 radical (unpaired) electrons. The molecule has 2 aromatic carbocycles. The summed E-state index contributed by atoms with van der Waals surface area (Å²) in [4.78, 5) is 14.5. The lowest BCUT2D eigenvalue weighted by Crippen LogP contribution is -2.41. The van der Waals surface area contributed by atoms with Gasteiger partial charge >= 0.3 is 0 Å². The number of morpholine rings is 1. The maximum atomic E-state index is 12.9. The minimum Gasteiger partial charge on any atom is -0.495 e. The number of carbonyl (C=O) groups excluding carboxylic acids is 1. The van der Waals surface area contributed by atoms with Gasteiger partial charge in [0.1, 0.15) is 5.75 Å². The molecule has 1 saturated heterocycles. The van der Waals surface area contributed by atoms with Crippen molar-refractivity contribution in [1.82, 2.24) is 4.90 Å². The lowest BCUT2D eigenvalue weighted by Gasteiger charge is -2.27. The Morgan fingerprint density at radius 1 is 1.18 bits per heavy atom. The molecule has 3 rings (SSSR count). The van der Waals surface area contributed by atoms with Crippen LogP contribution in [0.25, 0.3) is 0 Å². The van der Waals surface area contributed by atoms with Crippen LogP contribution in [0.15, 0.2) is 41.3 Å². The van der Waals surface area contributed by atoms with Crippen molar-refractivity contribution in [3.05, 3.63) is 52.5 Å². The Morgan fingerprint density at radius 2 is 1.89 bits per heavy atom. The standard InChI is InChI=1S/C19H21ClN2O5S/c1-13-3-5-15(12-16(13)19(23)22-7-9-27-10-8-22)28(24,25)21-17-11-14(20)4-6-18(17)26-2/h3-6,11-12,21H,7-10H2,1-2H3. The van der Waals surface area contributed by atoms with E-state index in [1.807, 2.05) is 0 Å². The van der Waals surface area contributed by atoms with Crippen molar-refractivity contribution in [1.29, 1.82) is 0 Å². The second kappa shape index (κ2) is 8.38. The molecule has 28 heavy (non-hydrogen) atoms. The molecule has 1 fully saturated rings. The lowest BCUT2D eigenvalue weighted by molar-refractivity contribution is 0.0302. The van der Waals surface area contributed by atoms with E-state index in [4.69, 9.17) is 21.1 Å². The zero-order chi connectivity index (χ0) is 20.3. The number of halogens is 1. The maximum absolute atomic E-state index is 12.9. The molecule has 0 aromatic heterocycles. The first-order valence-electron chi connectivity index (χ1n) is 8.66. The Kier molecular flexibility index (Phi) is 6.12. The van der Waals surface area contributed by atoms with Gasteiger partial charge in [0.25, 0.3) is 15.9 Å². The van der Waals surface area contributed by atoms with Crippen molar-refractivity contribution < 1.29 is 22.7 Å². The van der Waals surface area contributed by atoms with Crippen LogP contribution in [0.1, 0.15) is 15.9 Å². The van der Waals surface area contributed by atoms with Gasteiger partial charge < -0.3 is 14.4 Å². The van der Waals surface area contributed by atoms with Gasteiger partial charge in [0.2, 0.25) is 0 Å². The first kappa shape index (κ1) is 20.4. The number of nitrogens with one attached hydrogen (secondary N) is 1. The summed E-state index contributed by atoms with van der Waals surface area (Å²) in [5.74, 6) is 0.128. The fraction of sp³-hybridized carbons (Fsp3) is 0.316. The Morgan fingerprint density at radius 3 is 2.57 bits per heavy atom. The number of benzene rings is 2. The molecule has 1 N–H and O–H groups in total. The van der Waals surface area contributed by atoms with Crippen LogP contribution in [0.3, 0.4) is 0 Å². The molecule has 1 aliphatic heterocycles. The zero-order valence-electron chi connectivity index (χ0n) is 15.6. The van der Waals surface area contributed by atoms with Gasteiger partial charge in [-0.1, -0.05) is 17.7 Å². The highest BCUT2D eigenvalue weighted by Crippen LogP contribution is 2.30. The molecular weight excluding hydrogens is 404 g/mol. The quantitative estimate of drug-likeness (QED) is 0.797.